The normalized spacial score (nSPS) is 14.1. The van der Waals surface area contributed by atoms with Crippen molar-refractivity contribution in [2.24, 2.45) is 0 Å². The molecule has 142 valence electrons. The Morgan fingerprint density at radius 3 is 2.82 bits per heavy atom. The molecule has 0 spiro atoms. The second kappa shape index (κ2) is 7.52. The Hall–Kier alpha value is -2.45. The number of nitrogens with two attached hydrogens (primary N) is 1. The van der Waals surface area contributed by atoms with E-state index in [-0.39, 0.29) is 0 Å². The second-order valence-corrected chi connectivity index (χ2v) is 8.89. The van der Waals surface area contributed by atoms with Crippen LogP contribution in [0.5, 0.6) is 0 Å². The third-order valence-electron chi connectivity index (χ3n) is 4.96. The molecule has 1 aliphatic carbocycles. The van der Waals surface area contributed by atoms with Gasteiger partial charge in [0.05, 0.1) is 16.8 Å². The summed E-state index contributed by atoms with van der Waals surface area (Å²) in [7, 11) is 0. The van der Waals surface area contributed by atoms with Crippen LogP contribution >= 0.6 is 23.1 Å². The molecule has 0 fully saturated rings. The summed E-state index contributed by atoms with van der Waals surface area (Å²) in [6.07, 6.45) is 7.74. The fourth-order valence-electron chi connectivity index (χ4n) is 3.62. The number of thioether (sulfide) groups is 1. The van der Waals surface area contributed by atoms with Gasteiger partial charge in [-0.3, -0.25) is 0 Å². The maximum atomic E-state index is 6.34. The molecule has 8 heteroatoms. The van der Waals surface area contributed by atoms with Crippen molar-refractivity contribution >= 4 is 39.1 Å². The van der Waals surface area contributed by atoms with E-state index in [9.17, 15) is 0 Å². The van der Waals surface area contributed by atoms with Crippen LogP contribution in [0.3, 0.4) is 0 Å². The lowest BCUT2D eigenvalue weighted by molar-refractivity contribution is 0.713. The van der Waals surface area contributed by atoms with Gasteiger partial charge in [-0.1, -0.05) is 36.4 Å². The Labute approximate surface area is 171 Å². The van der Waals surface area contributed by atoms with Crippen LogP contribution in [0, 0.1) is 0 Å². The fraction of sp³-hybridized carbons (Fsp3) is 0.300. The Morgan fingerprint density at radius 1 is 1.07 bits per heavy atom. The van der Waals surface area contributed by atoms with Crippen molar-refractivity contribution in [2.75, 3.05) is 5.73 Å². The van der Waals surface area contributed by atoms with Gasteiger partial charge in [-0.2, -0.15) is 0 Å². The van der Waals surface area contributed by atoms with Crippen molar-refractivity contribution in [1.29, 1.82) is 0 Å². The van der Waals surface area contributed by atoms with Gasteiger partial charge in [-0.05, 0) is 43.4 Å². The van der Waals surface area contributed by atoms with Gasteiger partial charge in [0.15, 0.2) is 0 Å². The number of para-hydroxylation sites is 1. The van der Waals surface area contributed by atoms with E-state index in [0.717, 1.165) is 34.6 Å². The molecule has 4 aromatic rings. The molecule has 0 atom stereocenters. The highest BCUT2D eigenvalue weighted by Gasteiger charge is 2.19. The second-order valence-electron chi connectivity index (χ2n) is 6.87. The van der Waals surface area contributed by atoms with Gasteiger partial charge in [-0.15, -0.1) is 16.4 Å². The van der Waals surface area contributed by atoms with E-state index in [2.05, 4.69) is 15.1 Å². The lowest BCUT2D eigenvalue weighted by atomic mass is 10.1. The average Bonchev–Trinajstić information content (AvgIpc) is 3.26. The summed E-state index contributed by atoms with van der Waals surface area (Å²) in [5.74, 6) is 1.95. The van der Waals surface area contributed by atoms with E-state index < -0.39 is 0 Å². The molecule has 1 aromatic carbocycles. The zero-order chi connectivity index (χ0) is 18.9. The highest BCUT2D eigenvalue weighted by atomic mass is 32.2. The lowest BCUT2D eigenvalue weighted by Gasteiger charge is -2.04. The molecule has 3 aromatic heterocycles. The van der Waals surface area contributed by atoms with Crippen molar-refractivity contribution < 1.29 is 0 Å². The third kappa shape index (κ3) is 3.38. The van der Waals surface area contributed by atoms with Crippen molar-refractivity contribution in [3.8, 4) is 5.69 Å². The maximum absolute atomic E-state index is 6.34. The molecule has 0 saturated heterocycles. The maximum Gasteiger partial charge on any atom is 0.209 e. The van der Waals surface area contributed by atoms with E-state index in [4.69, 9.17) is 10.7 Å². The van der Waals surface area contributed by atoms with Crippen molar-refractivity contribution in [3.63, 3.8) is 0 Å². The van der Waals surface area contributed by atoms with Crippen LogP contribution in [0.4, 0.5) is 5.82 Å². The van der Waals surface area contributed by atoms with Crippen LogP contribution in [0.1, 0.15) is 35.5 Å². The Kier molecular flexibility index (Phi) is 4.74. The number of hydrogen-bond donors (Lipinski definition) is 1. The summed E-state index contributed by atoms with van der Waals surface area (Å²) >= 11 is 3.31. The van der Waals surface area contributed by atoms with Crippen LogP contribution in [0.15, 0.2) is 41.8 Å². The van der Waals surface area contributed by atoms with Crippen molar-refractivity contribution in [1.82, 2.24) is 24.7 Å². The number of benzene rings is 1. The number of rotatable bonds is 4. The molecule has 0 radical (unpaired) electrons. The van der Waals surface area contributed by atoms with Gasteiger partial charge in [0, 0.05) is 4.88 Å². The molecule has 6 nitrogen and oxygen atoms in total. The van der Waals surface area contributed by atoms with E-state index in [1.165, 1.54) is 41.5 Å². The topological polar surface area (TPSA) is 82.5 Å². The minimum Gasteiger partial charge on any atom is -0.383 e. The summed E-state index contributed by atoms with van der Waals surface area (Å²) in [6, 6.07) is 9.96. The smallest absolute Gasteiger partial charge is 0.209 e. The van der Waals surface area contributed by atoms with Gasteiger partial charge in [0.2, 0.25) is 5.16 Å². The van der Waals surface area contributed by atoms with E-state index in [1.807, 2.05) is 30.3 Å². The molecule has 5 rings (SSSR count). The van der Waals surface area contributed by atoms with E-state index >= 15 is 0 Å². The number of hydrogen-bond acceptors (Lipinski definition) is 7. The standard InChI is InChI=1S/C20H20N6S2/c21-18-17-14-9-5-2-6-10-15(14)28-19(17)24-16(23-18)11-27-20-22-12-26(25-20)13-7-3-1-4-8-13/h1,3-4,7-8,12H,2,5-6,9-11H2,(H2,21,23,24). The van der Waals surface area contributed by atoms with Crippen LogP contribution in [0.2, 0.25) is 0 Å². The summed E-state index contributed by atoms with van der Waals surface area (Å²) in [5, 5.41) is 6.32. The molecular weight excluding hydrogens is 388 g/mol. The summed E-state index contributed by atoms with van der Waals surface area (Å²) in [5.41, 5.74) is 8.71. The number of fused-ring (bicyclic) bond motifs is 3. The van der Waals surface area contributed by atoms with Crippen molar-refractivity contribution in [3.05, 3.63) is 52.9 Å². The molecule has 28 heavy (non-hydrogen) atoms. The first-order valence-corrected chi connectivity index (χ1v) is 11.2. The zero-order valence-electron chi connectivity index (χ0n) is 15.3. The van der Waals surface area contributed by atoms with Crippen LogP contribution < -0.4 is 5.73 Å². The molecule has 1 aliphatic rings. The number of anilines is 1. The Morgan fingerprint density at radius 2 is 1.93 bits per heavy atom. The molecule has 0 unspecified atom stereocenters. The van der Waals surface area contributed by atoms with Crippen LogP contribution in [-0.2, 0) is 18.6 Å². The molecule has 0 bridgehead atoms. The predicted molar refractivity (Wildman–Crippen MR) is 114 cm³/mol. The minimum atomic E-state index is 0.599. The van der Waals surface area contributed by atoms with Crippen molar-refractivity contribution in [2.45, 2.75) is 43.0 Å². The first-order chi connectivity index (χ1) is 13.8. The van der Waals surface area contributed by atoms with E-state index in [0.29, 0.717) is 16.7 Å². The van der Waals surface area contributed by atoms with E-state index in [1.54, 1.807) is 22.3 Å². The third-order valence-corrected chi connectivity index (χ3v) is 6.99. The SMILES string of the molecule is Nc1nc(CSc2ncn(-c3ccccc3)n2)nc2sc3c(c12)CCCCC3. The summed E-state index contributed by atoms with van der Waals surface area (Å²) < 4.78 is 1.77. The number of thiophene rings is 1. The Balaban J connectivity index is 1.37. The molecule has 0 saturated carbocycles. The number of nitrogens with zero attached hydrogens (tertiary/aromatic N) is 5. The molecule has 2 N–H and O–H groups in total. The lowest BCUT2D eigenvalue weighted by Crippen LogP contribution is -2.00. The minimum absolute atomic E-state index is 0.599. The molecule has 3 heterocycles. The Bertz CT molecular complexity index is 1120. The number of aromatic nitrogens is 5. The number of nitrogen functional groups attached to an aromatic ring is 1. The highest BCUT2D eigenvalue weighted by molar-refractivity contribution is 7.98. The highest BCUT2D eigenvalue weighted by Crippen LogP contribution is 2.37. The summed E-state index contributed by atoms with van der Waals surface area (Å²) in [4.78, 5) is 16.2. The fourth-order valence-corrected chi connectivity index (χ4v) is 5.56. The molecule has 0 aliphatic heterocycles. The quantitative estimate of drug-likeness (QED) is 0.398. The van der Waals surface area contributed by atoms with Crippen LogP contribution in [-0.4, -0.2) is 24.7 Å². The molecular formula is C20H20N6S2. The first kappa shape index (κ1) is 17.6. The molecule has 0 amide bonds. The monoisotopic (exact) mass is 408 g/mol. The van der Waals surface area contributed by atoms with Gasteiger partial charge < -0.3 is 5.73 Å². The number of aryl methyl sites for hydroxylation is 2. The zero-order valence-corrected chi connectivity index (χ0v) is 17.0. The van der Waals surface area contributed by atoms with Gasteiger partial charge >= 0.3 is 0 Å². The largest absolute Gasteiger partial charge is 0.383 e. The predicted octanol–water partition coefficient (Wildman–Crippen LogP) is 4.42. The van der Waals surface area contributed by atoms with Crippen LogP contribution in [0.25, 0.3) is 15.9 Å². The van der Waals surface area contributed by atoms with Gasteiger partial charge in [-0.25, -0.2) is 19.6 Å². The summed E-state index contributed by atoms with van der Waals surface area (Å²) in [6.45, 7) is 0. The van der Waals surface area contributed by atoms with Gasteiger partial charge in [0.1, 0.15) is 22.8 Å². The van der Waals surface area contributed by atoms with Gasteiger partial charge in [0.25, 0.3) is 0 Å². The first-order valence-electron chi connectivity index (χ1n) is 9.44. The average molecular weight is 409 g/mol.